The van der Waals surface area contributed by atoms with Gasteiger partial charge in [0.25, 0.3) is 5.91 Å². The summed E-state index contributed by atoms with van der Waals surface area (Å²) >= 11 is 0. The Morgan fingerprint density at radius 2 is 2.00 bits per heavy atom. The zero-order valence-corrected chi connectivity index (χ0v) is 13.9. The molecule has 0 bridgehead atoms. The van der Waals surface area contributed by atoms with E-state index in [1.165, 1.54) is 11.3 Å². The maximum absolute atomic E-state index is 12.2. The fraction of sp³-hybridized carbons (Fsp3) is 0.812. The highest BCUT2D eigenvalue weighted by molar-refractivity contribution is 6.06. The lowest BCUT2D eigenvalue weighted by Crippen LogP contribution is -2.40. The highest BCUT2D eigenvalue weighted by Gasteiger charge is 2.43. The van der Waals surface area contributed by atoms with Gasteiger partial charge in [-0.15, -0.1) is 0 Å². The van der Waals surface area contributed by atoms with Crippen LogP contribution < -0.4 is 5.32 Å². The van der Waals surface area contributed by atoms with Crippen LogP contribution in [0.15, 0.2) is 0 Å². The minimum absolute atomic E-state index is 0.139. The van der Waals surface area contributed by atoms with Crippen molar-refractivity contribution in [1.29, 1.82) is 0 Å². The van der Waals surface area contributed by atoms with Gasteiger partial charge >= 0.3 is 6.03 Å². The Labute approximate surface area is 132 Å². The number of carbonyl (C=O) groups excluding carboxylic acids is 3. The molecule has 0 radical (unpaired) electrons. The number of nitrogens with one attached hydrogen (secondary N) is 1. The van der Waals surface area contributed by atoms with E-state index < -0.39 is 5.54 Å². The average Bonchev–Trinajstić information content (AvgIpc) is 2.61. The molecule has 6 heteroatoms. The van der Waals surface area contributed by atoms with Gasteiger partial charge in [0, 0.05) is 26.1 Å². The summed E-state index contributed by atoms with van der Waals surface area (Å²) in [7, 11) is 0. The molecule has 124 valence electrons. The molecule has 2 rings (SSSR count). The predicted molar refractivity (Wildman–Crippen MR) is 83.2 cm³/mol. The summed E-state index contributed by atoms with van der Waals surface area (Å²) < 4.78 is 0. The van der Waals surface area contributed by atoms with Crippen LogP contribution in [-0.4, -0.2) is 52.8 Å². The number of carbonyl (C=O) groups is 3. The standard InChI is InChI=1S/C16H27N3O3/c1-12-6-4-9-18(11-8-12)13(20)7-5-10-19-14(21)16(2,3)17-15(19)22/h12H,4-11H2,1-3H3,(H,17,22). The first-order valence-corrected chi connectivity index (χ1v) is 8.23. The van der Waals surface area contributed by atoms with Crippen molar-refractivity contribution in [1.82, 2.24) is 15.1 Å². The van der Waals surface area contributed by atoms with Gasteiger partial charge in [-0.1, -0.05) is 6.92 Å². The van der Waals surface area contributed by atoms with Crippen molar-refractivity contribution in [3.8, 4) is 0 Å². The molecule has 2 fully saturated rings. The number of imide groups is 1. The molecule has 6 nitrogen and oxygen atoms in total. The number of hydrogen-bond acceptors (Lipinski definition) is 3. The first kappa shape index (κ1) is 16.8. The van der Waals surface area contributed by atoms with Crippen LogP contribution in [0.5, 0.6) is 0 Å². The average molecular weight is 309 g/mol. The van der Waals surface area contributed by atoms with Gasteiger partial charge in [-0.25, -0.2) is 4.79 Å². The van der Waals surface area contributed by atoms with Gasteiger partial charge < -0.3 is 10.2 Å². The Morgan fingerprint density at radius 1 is 1.27 bits per heavy atom. The molecule has 2 heterocycles. The third kappa shape index (κ3) is 3.78. The van der Waals surface area contributed by atoms with Crippen LogP contribution >= 0.6 is 0 Å². The van der Waals surface area contributed by atoms with Crippen LogP contribution in [0, 0.1) is 5.92 Å². The molecular formula is C16H27N3O3. The van der Waals surface area contributed by atoms with E-state index in [1.54, 1.807) is 13.8 Å². The van der Waals surface area contributed by atoms with Gasteiger partial charge in [-0.3, -0.25) is 14.5 Å². The number of rotatable bonds is 4. The Balaban J connectivity index is 1.77. The summed E-state index contributed by atoms with van der Waals surface area (Å²) in [6.07, 6.45) is 4.23. The fourth-order valence-electron chi connectivity index (χ4n) is 3.08. The molecule has 2 saturated heterocycles. The lowest BCUT2D eigenvalue weighted by Gasteiger charge is -2.21. The quantitative estimate of drug-likeness (QED) is 0.804. The minimum atomic E-state index is -0.831. The molecule has 0 saturated carbocycles. The largest absolute Gasteiger partial charge is 0.343 e. The Morgan fingerprint density at radius 3 is 2.64 bits per heavy atom. The molecule has 0 aromatic heterocycles. The molecule has 1 atom stereocenters. The van der Waals surface area contributed by atoms with Crippen LogP contribution in [0.1, 0.15) is 52.9 Å². The highest BCUT2D eigenvalue weighted by Crippen LogP contribution is 2.19. The zero-order valence-electron chi connectivity index (χ0n) is 13.9. The van der Waals surface area contributed by atoms with E-state index in [9.17, 15) is 14.4 Å². The molecule has 0 aromatic carbocycles. The van der Waals surface area contributed by atoms with Crippen LogP contribution in [0.25, 0.3) is 0 Å². The van der Waals surface area contributed by atoms with Crippen LogP contribution in [-0.2, 0) is 9.59 Å². The molecule has 22 heavy (non-hydrogen) atoms. The molecule has 2 aliphatic rings. The van der Waals surface area contributed by atoms with Gasteiger partial charge in [0.15, 0.2) is 0 Å². The third-order valence-electron chi connectivity index (χ3n) is 4.59. The maximum Gasteiger partial charge on any atom is 0.325 e. The van der Waals surface area contributed by atoms with Crippen molar-refractivity contribution in [2.75, 3.05) is 19.6 Å². The molecule has 1 N–H and O–H groups in total. The summed E-state index contributed by atoms with van der Waals surface area (Å²) in [5.41, 5.74) is -0.831. The topological polar surface area (TPSA) is 69.7 Å². The molecule has 0 aromatic rings. The lowest BCUT2D eigenvalue weighted by atomic mass is 10.0. The van der Waals surface area contributed by atoms with Gasteiger partial charge in [0.2, 0.25) is 5.91 Å². The number of likely N-dealkylation sites (tertiary alicyclic amines) is 1. The van der Waals surface area contributed by atoms with Crippen LogP contribution in [0.3, 0.4) is 0 Å². The van der Waals surface area contributed by atoms with Gasteiger partial charge in [-0.2, -0.15) is 0 Å². The monoisotopic (exact) mass is 309 g/mol. The Bertz CT molecular complexity index is 462. The minimum Gasteiger partial charge on any atom is -0.343 e. The Hall–Kier alpha value is -1.59. The zero-order chi connectivity index (χ0) is 16.3. The normalized spacial score (nSPS) is 25.1. The number of amides is 4. The van der Waals surface area contributed by atoms with E-state index >= 15 is 0 Å². The highest BCUT2D eigenvalue weighted by atomic mass is 16.2. The van der Waals surface area contributed by atoms with Crippen molar-refractivity contribution in [2.45, 2.75) is 58.4 Å². The molecule has 0 aliphatic carbocycles. The summed E-state index contributed by atoms with van der Waals surface area (Å²) in [5.74, 6) is 0.611. The maximum atomic E-state index is 12.2. The first-order chi connectivity index (χ1) is 10.3. The number of hydrogen-bond donors (Lipinski definition) is 1. The molecule has 1 unspecified atom stereocenters. The predicted octanol–water partition coefficient (Wildman–Crippen LogP) is 1.75. The van der Waals surface area contributed by atoms with E-state index in [4.69, 9.17) is 0 Å². The summed E-state index contributed by atoms with van der Waals surface area (Å²) in [5, 5.41) is 2.65. The second-order valence-corrected chi connectivity index (χ2v) is 7.03. The van der Waals surface area contributed by atoms with Crippen molar-refractivity contribution in [2.24, 2.45) is 5.92 Å². The van der Waals surface area contributed by atoms with Crippen molar-refractivity contribution >= 4 is 17.8 Å². The van der Waals surface area contributed by atoms with Gasteiger partial charge in [0.05, 0.1) is 0 Å². The van der Waals surface area contributed by atoms with Gasteiger partial charge in [-0.05, 0) is 45.4 Å². The third-order valence-corrected chi connectivity index (χ3v) is 4.59. The number of urea groups is 1. The van der Waals surface area contributed by atoms with Crippen molar-refractivity contribution in [3.63, 3.8) is 0 Å². The van der Waals surface area contributed by atoms with E-state index in [1.807, 2.05) is 4.90 Å². The van der Waals surface area contributed by atoms with Crippen LogP contribution in [0.2, 0.25) is 0 Å². The second kappa shape index (κ2) is 6.67. The molecule has 2 aliphatic heterocycles. The van der Waals surface area contributed by atoms with E-state index in [0.717, 1.165) is 25.9 Å². The lowest BCUT2D eigenvalue weighted by molar-refractivity contribution is -0.133. The second-order valence-electron chi connectivity index (χ2n) is 7.03. The smallest absolute Gasteiger partial charge is 0.325 e. The summed E-state index contributed by atoms with van der Waals surface area (Å²) in [4.78, 5) is 39.2. The fourth-order valence-corrected chi connectivity index (χ4v) is 3.08. The van der Waals surface area contributed by atoms with Crippen LogP contribution in [0.4, 0.5) is 4.79 Å². The summed E-state index contributed by atoms with van der Waals surface area (Å²) in [6, 6.07) is -0.356. The SMILES string of the molecule is CC1CCCN(C(=O)CCCN2C(=O)NC(C)(C)C2=O)CC1. The van der Waals surface area contributed by atoms with E-state index in [0.29, 0.717) is 25.3 Å². The van der Waals surface area contributed by atoms with Crippen molar-refractivity contribution < 1.29 is 14.4 Å². The Kier molecular flexibility index (Phi) is 5.08. The van der Waals surface area contributed by atoms with Crippen molar-refractivity contribution in [3.05, 3.63) is 0 Å². The first-order valence-electron chi connectivity index (χ1n) is 8.23. The molecule has 0 spiro atoms. The van der Waals surface area contributed by atoms with Gasteiger partial charge in [0.1, 0.15) is 5.54 Å². The number of nitrogens with zero attached hydrogens (tertiary/aromatic N) is 2. The molecular weight excluding hydrogens is 282 g/mol. The van der Waals surface area contributed by atoms with E-state index in [-0.39, 0.29) is 17.8 Å². The molecule has 4 amide bonds. The summed E-state index contributed by atoms with van der Waals surface area (Å²) in [6.45, 7) is 7.58. The van der Waals surface area contributed by atoms with E-state index in [2.05, 4.69) is 12.2 Å².